The monoisotopic (exact) mass is 303 g/mol. The van der Waals surface area contributed by atoms with Gasteiger partial charge in [0.05, 0.1) is 16.7 Å². The molecule has 0 fully saturated rings. The highest BCUT2D eigenvalue weighted by Gasteiger charge is 2.09. The van der Waals surface area contributed by atoms with Crippen LogP contribution in [0.4, 0.5) is 14.5 Å². The van der Waals surface area contributed by atoms with Gasteiger partial charge in [0.2, 0.25) is 11.8 Å². The van der Waals surface area contributed by atoms with E-state index in [1.54, 1.807) is 6.92 Å². The minimum Gasteiger partial charge on any atom is -0.424 e. The number of halogens is 3. The van der Waals surface area contributed by atoms with Gasteiger partial charge in [-0.05, 0) is 22.0 Å². The highest BCUT2D eigenvalue weighted by Crippen LogP contribution is 2.23. The molecule has 2 rings (SSSR count). The Morgan fingerprint density at radius 2 is 2.06 bits per heavy atom. The summed E-state index contributed by atoms with van der Waals surface area (Å²) in [5.74, 6) is -0.375. The molecule has 1 N–H and O–H groups in total. The Kier molecular flexibility index (Phi) is 3.37. The number of anilines is 1. The molecule has 1 aromatic carbocycles. The number of nitrogens with zero attached hydrogens (tertiary/aromatic N) is 2. The van der Waals surface area contributed by atoms with Crippen LogP contribution >= 0.6 is 15.9 Å². The lowest BCUT2D eigenvalue weighted by atomic mass is 10.3. The van der Waals surface area contributed by atoms with E-state index in [9.17, 15) is 8.78 Å². The molecule has 0 atom stereocenters. The molecule has 0 unspecified atom stereocenters. The van der Waals surface area contributed by atoms with Crippen molar-refractivity contribution in [2.75, 3.05) is 5.32 Å². The Labute approximate surface area is 104 Å². The summed E-state index contributed by atoms with van der Waals surface area (Å²) in [6, 6.07) is 2.11. The van der Waals surface area contributed by atoms with E-state index < -0.39 is 11.6 Å². The van der Waals surface area contributed by atoms with Gasteiger partial charge >= 0.3 is 0 Å². The van der Waals surface area contributed by atoms with Crippen molar-refractivity contribution in [1.82, 2.24) is 10.2 Å². The maximum absolute atomic E-state index is 13.4. The van der Waals surface area contributed by atoms with Crippen molar-refractivity contribution >= 4 is 21.6 Å². The van der Waals surface area contributed by atoms with E-state index in [1.165, 1.54) is 0 Å². The van der Waals surface area contributed by atoms with Crippen molar-refractivity contribution in [3.63, 3.8) is 0 Å². The summed E-state index contributed by atoms with van der Waals surface area (Å²) in [4.78, 5) is 0. The summed E-state index contributed by atoms with van der Waals surface area (Å²) < 4.78 is 31.8. The third kappa shape index (κ3) is 2.79. The quantitative estimate of drug-likeness (QED) is 0.886. The standard InChI is InChI=1S/C10H8BrF2N3O/c1-5-15-16-10(17-5)4-14-9-3-7(12)6(11)2-8(9)13/h2-3,14H,4H2,1H3. The van der Waals surface area contributed by atoms with Gasteiger partial charge in [0.15, 0.2) is 0 Å². The van der Waals surface area contributed by atoms with E-state index >= 15 is 0 Å². The Morgan fingerprint density at radius 3 is 2.71 bits per heavy atom. The molecule has 17 heavy (non-hydrogen) atoms. The highest BCUT2D eigenvalue weighted by atomic mass is 79.9. The lowest BCUT2D eigenvalue weighted by molar-refractivity contribution is 0.474. The van der Waals surface area contributed by atoms with Crippen LogP contribution in [0.5, 0.6) is 0 Å². The summed E-state index contributed by atoms with van der Waals surface area (Å²) in [5, 5.41) is 10.0. The van der Waals surface area contributed by atoms with Gasteiger partial charge in [-0.15, -0.1) is 10.2 Å². The molecule has 0 aliphatic heterocycles. The van der Waals surface area contributed by atoms with Crippen LogP contribution in [-0.2, 0) is 6.54 Å². The molecule has 0 radical (unpaired) electrons. The largest absolute Gasteiger partial charge is 0.424 e. The number of nitrogens with one attached hydrogen (secondary N) is 1. The van der Waals surface area contributed by atoms with Crippen LogP contribution in [0.3, 0.4) is 0 Å². The molecule has 0 aliphatic rings. The first kappa shape index (κ1) is 12.0. The molecule has 0 saturated heterocycles. The second-order valence-corrected chi connectivity index (χ2v) is 4.17. The number of aryl methyl sites for hydroxylation is 1. The van der Waals surface area contributed by atoms with E-state index in [0.717, 1.165) is 12.1 Å². The first-order valence-corrected chi connectivity index (χ1v) is 5.53. The second-order valence-electron chi connectivity index (χ2n) is 3.31. The number of hydrogen-bond acceptors (Lipinski definition) is 4. The Hall–Kier alpha value is -1.50. The molecule has 1 aromatic heterocycles. The first-order chi connectivity index (χ1) is 8.06. The fraction of sp³-hybridized carbons (Fsp3) is 0.200. The average Bonchev–Trinajstić information content (AvgIpc) is 2.68. The van der Waals surface area contributed by atoms with Crippen molar-refractivity contribution in [3.8, 4) is 0 Å². The summed E-state index contributed by atoms with van der Waals surface area (Å²) in [6.45, 7) is 1.79. The molecule has 0 amide bonds. The van der Waals surface area contributed by atoms with Crippen LogP contribution in [0.15, 0.2) is 21.0 Å². The van der Waals surface area contributed by atoms with Gasteiger partial charge in [-0.25, -0.2) is 8.78 Å². The normalized spacial score (nSPS) is 10.6. The van der Waals surface area contributed by atoms with Gasteiger partial charge in [-0.2, -0.15) is 0 Å². The Morgan fingerprint density at radius 1 is 1.29 bits per heavy atom. The van der Waals surface area contributed by atoms with Gasteiger partial charge in [0, 0.05) is 13.0 Å². The molecule has 0 saturated carbocycles. The fourth-order valence-electron chi connectivity index (χ4n) is 1.24. The molecule has 0 aliphatic carbocycles. The van der Waals surface area contributed by atoms with Crippen LogP contribution in [0.1, 0.15) is 11.8 Å². The van der Waals surface area contributed by atoms with Gasteiger partial charge in [-0.3, -0.25) is 0 Å². The molecule has 0 spiro atoms. The maximum atomic E-state index is 13.4. The minimum atomic E-state index is -0.561. The molecular formula is C10H8BrF2N3O. The van der Waals surface area contributed by atoms with Gasteiger partial charge in [0.1, 0.15) is 11.6 Å². The summed E-state index contributed by atoms with van der Waals surface area (Å²) in [6.07, 6.45) is 0. The van der Waals surface area contributed by atoms with Crippen LogP contribution < -0.4 is 5.32 Å². The molecular weight excluding hydrogens is 296 g/mol. The SMILES string of the molecule is Cc1nnc(CNc2cc(F)c(Br)cc2F)o1. The Balaban J connectivity index is 2.11. The molecule has 7 heteroatoms. The lowest BCUT2D eigenvalue weighted by Gasteiger charge is -2.06. The van der Waals surface area contributed by atoms with Crippen molar-refractivity contribution in [1.29, 1.82) is 0 Å². The van der Waals surface area contributed by atoms with Crippen LogP contribution in [0, 0.1) is 18.6 Å². The van der Waals surface area contributed by atoms with Crippen LogP contribution in [-0.4, -0.2) is 10.2 Å². The molecule has 0 bridgehead atoms. The van der Waals surface area contributed by atoms with Gasteiger partial charge in [-0.1, -0.05) is 0 Å². The van der Waals surface area contributed by atoms with E-state index in [2.05, 4.69) is 31.4 Å². The third-order valence-corrected chi connectivity index (χ3v) is 2.62. The highest BCUT2D eigenvalue weighted by molar-refractivity contribution is 9.10. The predicted octanol–water partition coefficient (Wildman–Crippen LogP) is 3.03. The van der Waals surface area contributed by atoms with E-state index in [4.69, 9.17) is 4.42 Å². The van der Waals surface area contributed by atoms with E-state index in [0.29, 0.717) is 11.8 Å². The van der Waals surface area contributed by atoms with Crippen molar-refractivity contribution in [3.05, 3.63) is 40.0 Å². The molecule has 2 aromatic rings. The van der Waals surface area contributed by atoms with E-state index in [-0.39, 0.29) is 16.7 Å². The van der Waals surface area contributed by atoms with Gasteiger partial charge in [0.25, 0.3) is 0 Å². The third-order valence-electron chi connectivity index (χ3n) is 2.01. The topological polar surface area (TPSA) is 51.0 Å². The van der Waals surface area contributed by atoms with E-state index in [1.807, 2.05) is 0 Å². The molecule has 1 heterocycles. The lowest BCUT2D eigenvalue weighted by Crippen LogP contribution is -2.02. The van der Waals surface area contributed by atoms with Crippen LogP contribution in [0.25, 0.3) is 0 Å². The van der Waals surface area contributed by atoms with Crippen molar-refractivity contribution < 1.29 is 13.2 Å². The number of benzene rings is 1. The maximum Gasteiger partial charge on any atom is 0.235 e. The summed E-state index contributed by atoms with van der Waals surface area (Å²) in [7, 11) is 0. The smallest absolute Gasteiger partial charge is 0.235 e. The fourth-order valence-corrected chi connectivity index (χ4v) is 1.55. The number of rotatable bonds is 3. The number of hydrogen-bond donors (Lipinski definition) is 1. The van der Waals surface area contributed by atoms with Crippen molar-refractivity contribution in [2.24, 2.45) is 0 Å². The van der Waals surface area contributed by atoms with Gasteiger partial charge < -0.3 is 9.73 Å². The van der Waals surface area contributed by atoms with Crippen LogP contribution in [0.2, 0.25) is 0 Å². The Bertz CT molecular complexity index is 544. The summed E-state index contributed by atoms with van der Waals surface area (Å²) in [5.41, 5.74) is 0.0431. The summed E-state index contributed by atoms with van der Waals surface area (Å²) >= 11 is 2.90. The zero-order valence-electron chi connectivity index (χ0n) is 8.80. The first-order valence-electron chi connectivity index (χ1n) is 4.73. The predicted molar refractivity (Wildman–Crippen MR) is 60.4 cm³/mol. The zero-order valence-corrected chi connectivity index (χ0v) is 10.4. The number of aromatic nitrogens is 2. The minimum absolute atomic E-state index is 0.0431. The zero-order chi connectivity index (χ0) is 12.4. The molecule has 4 nitrogen and oxygen atoms in total. The molecule has 90 valence electrons. The second kappa shape index (κ2) is 4.79. The van der Waals surface area contributed by atoms with Crippen molar-refractivity contribution in [2.45, 2.75) is 13.5 Å². The average molecular weight is 304 g/mol.